The molecule has 13 heavy (non-hydrogen) atoms. The van der Waals surface area contributed by atoms with Crippen molar-refractivity contribution in [1.82, 2.24) is 0 Å². The van der Waals surface area contributed by atoms with E-state index in [1.54, 1.807) is 0 Å². The number of ether oxygens (including phenoxy) is 2. The molecule has 0 bridgehead atoms. The van der Waals surface area contributed by atoms with Gasteiger partial charge in [0, 0.05) is 0 Å². The Balaban J connectivity index is 2.51. The van der Waals surface area contributed by atoms with Crippen molar-refractivity contribution >= 4 is 23.1 Å². The van der Waals surface area contributed by atoms with Crippen LogP contribution >= 0.6 is 12.2 Å². The maximum absolute atomic E-state index is 5.40. The normalized spacial score (nSPS) is 13.2. The van der Waals surface area contributed by atoms with E-state index in [4.69, 9.17) is 9.47 Å². The van der Waals surface area contributed by atoms with Gasteiger partial charge in [-0.1, -0.05) is 6.07 Å². The van der Waals surface area contributed by atoms with Crippen LogP contribution in [-0.2, 0) is 0 Å². The Kier molecular flexibility index (Phi) is 2.25. The predicted molar refractivity (Wildman–Crippen MR) is 52.1 cm³/mol. The van der Waals surface area contributed by atoms with Crippen LogP contribution in [0.15, 0.2) is 23.2 Å². The van der Waals surface area contributed by atoms with Crippen LogP contribution in [0.3, 0.4) is 0 Å². The average Bonchev–Trinajstić information content (AvgIpc) is 2.19. The summed E-state index contributed by atoms with van der Waals surface area (Å²) in [6.45, 7) is 1.13. The Labute approximate surface area is 81.0 Å². The minimum absolute atomic E-state index is 0.553. The lowest BCUT2D eigenvalue weighted by molar-refractivity contribution is 0.172. The van der Waals surface area contributed by atoms with Gasteiger partial charge in [-0.15, -0.1) is 0 Å². The zero-order valence-electron chi connectivity index (χ0n) is 6.82. The highest BCUT2D eigenvalue weighted by Gasteiger charge is 2.14. The topological polar surface area (TPSA) is 30.8 Å². The number of thiocarbonyl (C=S) groups is 1. The molecular weight excluding hydrogens is 186 g/mol. The molecule has 0 spiro atoms. The number of benzene rings is 1. The smallest absolute Gasteiger partial charge is 0.187 e. The summed E-state index contributed by atoms with van der Waals surface area (Å²) in [6, 6.07) is 5.50. The predicted octanol–water partition coefficient (Wildman–Crippen LogP) is 2.19. The molecule has 0 fully saturated rings. The molecule has 3 nitrogen and oxygen atoms in total. The van der Waals surface area contributed by atoms with E-state index in [9.17, 15) is 0 Å². The van der Waals surface area contributed by atoms with Gasteiger partial charge in [-0.05, 0) is 24.4 Å². The third kappa shape index (κ3) is 1.54. The van der Waals surface area contributed by atoms with Gasteiger partial charge in [0.2, 0.25) is 0 Å². The summed E-state index contributed by atoms with van der Waals surface area (Å²) in [5.74, 6) is 1.38. The molecule has 0 aromatic heterocycles. The van der Waals surface area contributed by atoms with Crippen LogP contribution in [0.4, 0.5) is 5.69 Å². The van der Waals surface area contributed by atoms with Gasteiger partial charge in [0.25, 0.3) is 0 Å². The van der Waals surface area contributed by atoms with Crippen LogP contribution in [0.25, 0.3) is 0 Å². The van der Waals surface area contributed by atoms with Crippen LogP contribution in [0.2, 0.25) is 0 Å². The minimum Gasteiger partial charge on any atom is -0.486 e. The monoisotopic (exact) mass is 193 g/mol. The molecule has 0 aliphatic carbocycles. The quantitative estimate of drug-likeness (QED) is 0.506. The van der Waals surface area contributed by atoms with Gasteiger partial charge >= 0.3 is 0 Å². The molecule has 66 valence electrons. The molecule has 1 aliphatic rings. The summed E-state index contributed by atoms with van der Waals surface area (Å²) >= 11 is 4.53. The number of hydrogen-bond donors (Lipinski definition) is 0. The zero-order valence-corrected chi connectivity index (χ0v) is 7.63. The molecule has 0 radical (unpaired) electrons. The molecule has 1 heterocycles. The van der Waals surface area contributed by atoms with Gasteiger partial charge < -0.3 is 9.47 Å². The Bertz CT molecular complexity index is 372. The van der Waals surface area contributed by atoms with Crippen molar-refractivity contribution in [3.8, 4) is 11.5 Å². The highest BCUT2D eigenvalue weighted by atomic mass is 32.1. The van der Waals surface area contributed by atoms with Crippen LogP contribution in [0.1, 0.15) is 0 Å². The van der Waals surface area contributed by atoms with E-state index in [1.807, 2.05) is 18.2 Å². The molecule has 1 aromatic rings. The van der Waals surface area contributed by atoms with Crippen molar-refractivity contribution in [2.45, 2.75) is 0 Å². The van der Waals surface area contributed by atoms with Crippen molar-refractivity contribution < 1.29 is 9.47 Å². The first kappa shape index (κ1) is 8.23. The van der Waals surface area contributed by atoms with Crippen LogP contribution < -0.4 is 9.47 Å². The highest BCUT2D eigenvalue weighted by Crippen LogP contribution is 2.38. The molecule has 2 rings (SSSR count). The molecule has 0 saturated carbocycles. The van der Waals surface area contributed by atoms with Crippen molar-refractivity contribution in [3.63, 3.8) is 0 Å². The first-order chi connectivity index (χ1) is 6.42. The number of rotatable bonds is 1. The summed E-state index contributed by atoms with van der Waals surface area (Å²) in [6.07, 6.45) is 0. The minimum atomic E-state index is 0.553. The number of aliphatic imine (C=N–C) groups is 1. The van der Waals surface area contributed by atoms with E-state index in [0.717, 1.165) is 5.75 Å². The van der Waals surface area contributed by atoms with Gasteiger partial charge in [0.15, 0.2) is 11.5 Å². The average molecular weight is 193 g/mol. The lowest BCUT2D eigenvalue weighted by atomic mass is 10.2. The van der Waals surface area contributed by atoms with E-state index in [1.165, 1.54) is 0 Å². The standard InChI is InChI=1S/C9H7NO2S/c13-6-10-7-2-1-3-8-9(7)12-5-4-11-8/h1-3H,4-5H2. The summed E-state index contributed by atoms with van der Waals surface area (Å²) in [5.41, 5.74) is 0.673. The van der Waals surface area contributed by atoms with Gasteiger partial charge in [-0.3, -0.25) is 0 Å². The Morgan fingerprint density at radius 1 is 1.31 bits per heavy atom. The van der Waals surface area contributed by atoms with Crippen LogP contribution in [0, 0.1) is 0 Å². The number of isothiocyanates is 1. The Morgan fingerprint density at radius 2 is 2.15 bits per heavy atom. The second-order valence-electron chi connectivity index (χ2n) is 2.50. The van der Waals surface area contributed by atoms with Crippen molar-refractivity contribution in [2.75, 3.05) is 13.2 Å². The zero-order chi connectivity index (χ0) is 9.10. The summed E-state index contributed by atoms with van der Waals surface area (Å²) in [5, 5.41) is 2.31. The first-order valence-electron chi connectivity index (χ1n) is 3.88. The van der Waals surface area contributed by atoms with Crippen LogP contribution in [0.5, 0.6) is 11.5 Å². The molecule has 1 aliphatic heterocycles. The Hall–Kier alpha value is -1.38. The third-order valence-corrected chi connectivity index (χ3v) is 1.80. The molecule has 0 N–H and O–H groups in total. The van der Waals surface area contributed by atoms with Crippen molar-refractivity contribution in [3.05, 3.63) is 18.2 Å². The summed E-state index contributed by atoms with van der Waals surface area (Å²) < 4.78 is 10.8. The fraction of sp³-hybridized carbons (Fsp3) is 0.222. The second kappa shape index (κ2) is 3.56. The summed E-state index contributed by atoms with van der Waals surface area (Å²) in [7, 11) is 0. The van der Waals surface area contributed by atoms with E-state index in [0.29, 0.717) is 24.7 Å². The van der Waals surface area contributed by atoms with E-state index < -0.39 is 0 Å². The lowest BCUT2D eigenvalue weighted by Gasteiger charge is -2.18. The molecule has 4 heteroatoms. The number of nitrogens with zero attached hydrogens (tertiary/aromatic N) is 1. The largest absolute Gasteiger partial charge is 0.486 e. The first-order valence-corrected chi connectivity index (χ1v) is 4.29. The third-order valence-electron chi connectivity index (χ3n) is 1.71. The molecule has 0 saturated heterocycles. The van der Waals surface area contributed by atoms with Crippen LogP contribution in [-0.4, -0.2) is 18.4 Å². The number of fused-ring (bicyclic) bond motifs is 1. The molecule has 0 atom stereocenters. The summed E-state index contributed by atoms with van der Waals surface area (Å²) in [4.78, 5) is 3.88. The van der Waals surface area contributed by atoms with E-state index >= 15 is 0 Å². The fourth-order valence-electron chi connectivity index (χ4n) is 1.20. The number of para-hydroxylation sites is 1. The van der Waals surface area contributed by atoms with Crippen molar-refractivity contribution in [2.24, 2.45) is 4.99 Å². The lowest BCUT2D eigenvalue weighted by Crippen LogP contribution is -2.15. The maximum Gasteiger partial charge on any atom is 0.187 e. The van der Waals surface area contributed by atoms with Crippen molar-refractivity contribution in [1.29, 1.82) is 0 Å². The van der Waals surface area contributed by atoms with Gasteiger partial charge in [-0.2, -0.15) is 4.99 Å². The molecule has 0 unspecified atom stereocenters. The van der Waals surface area contributed by atoms with Gasteiger partial charge in [0.05, 0.1) is 5.16 Å². The maximum atomic E-state index is 5.40. The fourth-order valence-corrected chi connectivity index (χ4v) is 1.29. The molecule has 1 aromatic carbocycles. The number of hydrogen-bond acceptors (Lipinski definition) is 4. The van der Waals surface area contributed by atoms with E-state index in [-0.39, 0.29) is 0 Å². The SMILES string of the molecule is S=C=Nc1cccc2c1OCCO2. The molecule has 0 amide bonds. The van der Waals surface area contributed by atoms with Gasteiger partial charge in [0.1, 0.15) is 18.9 Å². The van der Waals surface area contributed by atoms with Gasteiger partial charge in [-0.25, -0.2) is 0 Å². The highest BCUT2D eigenvalue weighted by molar-refractivity contribution is 7.78. The van der Waals surface area contributed by atoms with E-state index in [2.05, 4.69) is 22.4 Å². The second-order valence-corrected chi connectivity index (χ2v) is 2.69. The molecular formula is C9H7NO2S. The Morgan fingerprint density at radius 3 is 3.00 bits per heavy atom.